The summed E-state index contributed by atoms with van der Waals surface area (Å²) >= 11 is 0. The van der Waals surface area contributed by atoms with Gasteiger partial charge >= 0.3 is 0 Å². The third-order valence-corrected chi connectivity index (χ3v) is 4.03. The van der Waals surface area contributed by atoms with Crippen LogP contribution in [0.25, 0.3) is 0 Å². The Balaban J connectivity index is 1.61. The van der Waals surface area contributed by atoms with Crippen molar-refractivity contribution in [1.82, 2.24) is 14.9 Å². The van der Waals surface area contributed by atoms with E-state index in [9.17, 15) is 9.18 Å². The summed E-state index contributed by atoms with van der Waals surface area (Å²) < 4.78 is 19.4. The molecule has 0 radical (unpaired) electrons. The van der Waals surface area contributed by atoms with Crippen LogP contribution in [0.2, 0.25) is 0 Å². The maximum absolute atomic E-state index is 13.6. The second kappa shape index (κ2) is 7.35. The van der Waals surface area contributed by atoms with Gasteiger partial charge in [-0.05, 0) is 18.9 Å². The first-order valence-electron chi connectivity index (χ1n) is 7.86. The summed E-state index contributed by atoms with van der Waals surface area (Å²) in [5.74, 6) is -0.412. The van der Waals surface area contributed by atoms with Crippen molar-refractivity contribution >= 4 is 11.7 Å². The Labute approximate surface area is 139 Å². The number of carbonyl (C=O) groups is 1. The van der Waals surface area contributed by atoms with Crippen molar-refractivity contribution < 1.29 is 13.9 Å². The number of ether oxygens (including phenoxy) is 1. The molecule has 1 aliphatic rings. The number of anilines is 1. The van der Waals surface area contributed by atoms with Crippen LogP contribution in [0.3, 0.4) is 0 Å². The van der Waals surface area contributed by atoms with Gasteiger partial charge in [-0.2, -0.15) is 0 Å². The molecule has 2 aromatic rings. The van der Waals surface area contributed by atoms with Gasteiger partial charge in [0.25, 0.3) is 5.91 Å². The maximum Gasteiger partial charge on any atom is 0.276 e. The van der Waals surface area contributed by atoms with E-state index in [4.69, 9.17) is 10.5 Å². The monoisotopic (exact) mass is 330 g/mol. The van der Waals surface area contributed by atoms with Crippen molar-refractivity contribution in [1.29, 1.82) is 0 Å². The molecule has 6 nitrogen and oxygen atoms in total. The van der Waals surface area contributed by atoms with Crippen molar-refractivity contribution in [2.45, 2.75) is 25.6 Å². The summed E-state index contributed by atoms with van der Waals surface area (Å²) in [6.45, 7) is 1.24. The topological polar surface area (TPSA) is 81.3 Å². The van der Waals surface area contributed by atoms with E-state index in [1.165, 1.54) is 18.5 Å². The molecule has 126 valence electrons. The largest absolute Gasteiger partial charge is 0.382 e. The minimum absolute atomic E-state index is 0.122. The molecule has 0 unspecified atom stereocenters. The first-order valence-corrected chi connectivity index (χ1v) is 7.86. The van der Waals surface area contributed by atoms with Crippen molar-refractivity contribution in [2.24, 2.45) is 0 Å². The van der Waals surface area contributed by atoms with Crippen LogP contribution in [0.1, 0.15) is 28.9 Å². The number of piperidine rings is 1. The zero-order valence-corrected chi connectivity index (χ0v) is 13.2. The van der Waals surface area contributed by atoms with Gasteiger partial charge in [0.1, 0.15) is 5.82 Å². The smallest absolute Gasteiger partial charge is 0.276 e. The minimum atomic E-state index is -0.284. The molecule has 1 aliphatic heterocycles. The van der Waals surface area contributed by atoms with Crippen LogP contribution in [0.5, 0.6) is 0 Å². The zero-order chi connectivity index (χ0) is 16.9. The highest BCUT2D eigenvalue weighted by atomic mass is 19.1. The number of rotatable bonds is 4. The SMILES string of the molecule is Nc1nccnc1C(=O)N1CCC[C@H](OCc2ccccc2F)C1. The van der Waals surface area contributed by atoms with E-state index in [-0.39, 0.29) is 35.9 Å². The van der Waals surface area contributed by atoms with Crippen LogP contribution in [0.15, 0.2) is 36.7 Å². The maximum atomic E-state index is 13.6. The van der Waals surface area contributed by atoms with E-state index in [1.807, 2.05) is 0 Å². The molecule has 0 bridgehead atoms. The number of hydrogen-bond donors (Lipinski definition) is 1. The van der Waals surface area contributed by atoms with Crippen LogP contribution in [-0.4, -0.2) is 40.0 Å². The molecule has 1 aromatic carbocycles. The molecule has 24 heavy (non-hydrogen) atoms. The fourth-order valence-electron chi connectivity index (χ4n) is 2.75. The van der Waals surface area contributed by atoms with Crippen LogP contribution in [0, 0.1) is 5.82 Å². The van der Waals surface area contributed by atoms with Gasteiger partial charge in [0.2, 0.25) is 0 Å². The summed E-state index contributed by atoms with van der Waals surface area (Å²) in [5, 5.41) is 0. The Bertz CT molecular complexity index is 725. The Morgan fingerprint density at radius 2 is 2.12 bits per heavy atom. The number of nitrogens with zero attached hydrogens (tertiary/aromatic N) is 3. The predicted molar refractivity (Wildman–Crippen MR) is 86.6 cm³/mol. The quantitative estimate of drug-likeness (QED) is 0.927. The summed E-state index contributed by atoms with van der Waals surface area (Å²) in [6.07, 6.45) is 4.39. The first-order chi connectivity index (χ1) is 11.6. The number of halogens is 1. The molecule has 0 aliphatic carbocycles. The number of likely N-dealkylation sites (tertiary alicyclic amines) is 1. The van der Waals surface area contributed by atoms with E-state index >= 15 is 0 Å². The zero-order valence-electron chi connectivity index (χ0n) is 13.2. The minimum Gasteiger partial charge on any atom is -0.382 e. The second-order valence-corrected chi connectivity index (χ2v) is 5.71. The van der Waals surface area contributed by atoms with E-state index in [0.717, 1.165) is 12.8 Å². The molecular formula is C17H19FN4O2. The van der Waals surface area contributed by atoms with Crippen molar-refractivity contribution in [2.75, 3.05) is 18.8 Å². The van der Waals surface area contributed by atoms with Crippen molar-refractivity contribution in [3.05, 3.63) is 53.7 Å². The molecule has 0 saturated carbocycles. The molecule has 1 aromatic heterocycles. The fraction of sp³-hybridized carbons (Fsp3) is 0.353. The summed E-state index contributed by atoms with van der Waals surface area (Å²) in [4.78, 5) is 22.1. The second-order valence-electron chi connectivity index (χ2n) is 5.71. The number of benzene rings is 1. The average molecular weight is 330 g/mol. The summed E-state index contributed by atoms with van der Waals surface area (Å²) in [7, 11) is 0. The Morgan fingerprint density at radius 1 is 1.33 bits per heavy atom. The Hall–Kier alpha value is -2.54. The van der Waals surface area contributed by atoms with Gasteiger partial charge in [-0.25, -0.2) is 14.4 Å². The Morgan fingerprint density at radius 3 is 2.92 bits per heavy atom. The lowest BCUT2D eigenvalue weighted by atomic mass is 10.1. The number of carbonyl (C=O) groups excluding carboxylic acids is 1. The van der Waals surface area contributed by atoms with Crippen LogP contribution in [-0.2, 0) is 11.3 Å². The standard InChI is InChI=1S/C17H19FN4O2/c18-14-6-2-1-4-12(14)11-24-13-5-3-9-22(10-13)17(23)15-16(19)21-8-7-20-15/h1-2,4,6-8,13H,3,5,9-11H2,(H2,19,21)/t13-/m0/s1. The van der Waals surface area contributed by atoms with Gasteiger partial charge in [-0.3, -0.25) is 4.79 Å². The van der Waals surface area contributed by atoms with Crippen molar-refractivity contribution in [3.63, 3.8) is 0 Å². The number of nitrogen functional groups attached to an aromatic ring is 1. The molecule has 0 spiro atoms. The molecule has 3 rings (SSSR count). The van der Waals surface area contributed by atoms with E-state index in [0.29, 0.717) is 18.7 Å². The number of hydrogen-bond acceptors (Lipinski definition) is 5. The van der Waals surface area contributed by atoms with Crippen molar-refractivity contribution in [3.8, 4) is 0 Å². The highest BCUT2D eigenvalue weighted by Gasteiger charge is 2.27. The molecule has 1 amide bonds. The van der Waals surface area contributed by atoms with Gasteiger partial charge in [0, 0.05) is 31.0 Å². The normalized spacial score (nSPS) is 17.7. The van der Waals surface area contributed by atoms with E-state index < -0.39 is 0 Å². The molecule has 1 atom stereocenters. The molecule has 1 fully saturated rings. The van der Waals surface area contributed by atoms with Crippen LogP contribution >= 0.6 is 0 Å². The van der Waals surface area contributed by atoms with Gasteiger partial charge in [0.15, 0.2) is 11.5 Å². The van der Waals surface area contributed by atoms with Crippen LogP contribution < -0.4 is 5.73 Å². The Kier molecular flexibility index (Phi) is 5.00. The van der Waals surface area contributed by atoms with Gasteiger partial charge < -0.3 is 15.4 Å². The predicted octanol–water partition coefficient (Wildman–Crippen LogP) is 2.02. The molecule has 2 N–H and O–H groups in total. The highest BCUT2D eigenvalue weighted by Crippen LogP contribution is 2.19. The fourth-order valence-corrected chi connectivity index (χ4v) is 2.75. The summed E-state index contributed by atoms with van der Waals surface area (Å²) in [6, 6.07) is 6.52. The molecular weight excluding hydrogens is 311 g/mol. The first kappa shape index (κ1) is 16.3. The molecule has 1 saturated heterocycles. The lowest BCUT2D eigenvalue weighted by Gasteiger charge is -2.32. The van der Waals surface area contributed by atoms with Crippen LogP contribution in [0.4, 0.5) is 10.2 Å². The third kappa shape index (κ3) is 3.68. The summed E-state index contributed by atoms with van der Waals surface area (Å²) in [5.41, 5.74) is 6.39. The third-order valence-electron chi connectivity index (χ3n) is 4.03. The average Bonchev–Trinajstić information content (AvgIpc) is 2.61. The van der Waals surface area contributed by atoms with Gasteiger partial charge in [-0.15, -0.1) is 0 Å². The highest BCUT2D eigenvalue weighted by molar-refractivity contribution is 5.96. The number of amides is 1. The molecule has 2 heterocycles. The van der Waals surface area contributed by atoms with Gasteiger partial charge in [-0.1, -0.05) is 18.2 Å². The lowest BCUT2D eigenvalue weighted by Crippen LogP contribution is -2.43. The van der Waals surface area contributed by atoms with Gasteiger partial charge in [0.05, 0.1) is 12.7 Å². The molecule has 7 heteroatoms. The van der Waals surface area contributed by atoms with E-state index in [1.54, 1.807) is 23.1 Å². The number of aromatic nitrogens is 2. The lowest BCUT2D eigenvalue weighted by molar-refractivity contribution is -0.00775. The number of nitrogens with two attached hydrogens (primary N) is 1. The van der Waals surface area contributed by atoms with E-state index in [2.05, 4.69) is 9.97 Å².